The topological polar surface area (TPSA) is 0 Å². The van der Waals surface area contributed by atoms with E-state index < -0.39 is 0 Å². The van der Waals surface area contributed by atoms with Crippen LogP contribution in [0.3, 0.4) is 0 Å². The summed E-state index contributed by atoms with van der Waals surface area (Å²) in [4.78, 5) is 0. The fourth-order valence-corrected chi connectivity index (χ4v) is 2.92. The third-order valence-corrected chi connectivity index (χ3v) is 4.29. The molecule has 0 amide bonds. The maximum absolute atomic E-state index is 6.13. The predicted molar refractivity (Wildman–Crippen MR) is 93.8 cm³/mol. The Labute approximate surface area is 133 Å². The Kier molecular flexibility index (Phi) is 6.56. The van der Waals surface area contributed by atoms with E-state index in [0.717, 1.165) is 18.7 Å². The smallest absolute Gasteiger partial charge is 0.0254 e. The van der Waals surface area contributed by atoms with Crippen molar-refractivity contribution in [3.8, 4) is 0 Å². The highest BCUT2D eigenvalue weighted by Gasteiger charge is 2.08. The summed E-state index contributed by atoms with van der Waals surface area (Å²) in [5, 5.41) is 0. The van der Waals surface area contributed by atoms with E-state index in [-0.39, 0.29) is 0 Å². The number of hydrogen-bond donors (Lipinski definition) is 0. The molecule has 2 aromatic rings. The van der Waals surface area contributed by atoms with E-state index in [4.69, 9.17) is 11.6 Å². The van der Waals surface area contributed by atoms with Crippen LogP contribution in [-0.4, -0.2) is 5.88 Å². The second-order valence-electron chi connectivity index (χ2n) is 5.55. The van der Waals surface area contributed by atoms with Crippen molar-refractivity contribution >= 4 is 17.7 Å². The zero-order chi connectivity index (χ0) is 14.9. The lowest BCUT2D eigenvalue weighted by atomic mass is 9.94. The van der Waals surface area contributed by atoms with Gasteiger partial charge in [-0.05, 0) is 48.3 Å². The van der Waals surface area contributed by atoms with Crippen molar-refractivity contribution in [2.24, 2.45) is 5.92 Å². The Hall–Kier alpha value is -1.53. The van der Waals surface area contributed by atoms with E-state index in [2.05, 4.69) is 61.2 Å². The molecule has 0 fully saturated rings. The first-order valence-electron chi connectivity index (χ1n) is 7.63. The van der Waals surface area contributed by atoms with Gasteiger partial charge in [-0.2, -0.15) is 0 Å². The lowest BCUT2D eigenvalue weighted by molar-refractivity contribution is 0.513. The monoisotopic (exact) mass is 298 g/mol. The van der Waals surface area contributed by atoms with Crippen molar-refractivity contribution in [3.63, 3.8) is 0 Å². The van der Waals surface area contributed by atoms with E-state index in [1.165, 1.54) is 29.5 Å². The molecule has 0 aliphatic rings. The molecular weight excluding hydrogens is 276 g/mol. The van der Waals surface area contributed by atoms with Crippen molar-refractivity contribution in [2.75, 3.05) is 5.88 Å². The van der Waals surface area contributed by atoms with Crippen molar-refractivity contribution < 1.29 is 0 Å². The van der Waals surface area contributed by atoms with Crippen molar-refractivity contribution in [1.29, 1.82) is 0 Å². The third-order valence-electron chi connectivity index (χ3n) is 3.85. The fourth-order valence-electron chi connectivity index (χ4n) is 2.65. The van der Waals surface area contributed by atoms with Gasteiger partial charge in [-0.25, -0.2) is 0 Å². The largest absolute Gasteiger partial charge is 0.126 e. The first kappa shape index (κ1) is 15.9. The van der Waals surface area contributed by atoms with Gasteiger partial charge in [-0.15, -0.1) is 11.6 Å². The average Bonchev–Trinajstić information content (AvgIpc) is 2.55. The lowest BCUT2D eigenvalue weighted by Gasteiger charge is -2.14. The molecule has 2 aromatic carbocycles. The number of halogens is 1. The molecule has 21 heavy (non-hydrogen) atoms. The molecule has 0 bridgehead atoms. The van der Waals surface area contributed by atoms with Crippen LogP contribution in [0.4, 0.5) is 0 Å². The fraction of sp³-hybridized carbons (Fsp3) is 0.300. The summed E-state index contributed by atoms with van der Waals surface area (Å²) in [6.45, 7) is 3.82. The molecule has 0 radical (unpaired) electrons. The molecule has 0 aliphatic carbocycles. The first-order valence-corrected chi connectivity index (χ1v) is 8.16. The number of alkyl halides is 1. The van der Waals surface area contributed by atoms with Crippen LogP contribution in [0.25, 0.3) is 6.08 Å². The Morgan fingerprint density at radius 1 is 1.00 bits per heavy atom. The molecule has 1 atom stereocenters. The third kappa shape index (κ3) is 5.40. The SMILES string of the molecule is C=Cc1cccc(CCCC(CCl)Cc2ccccc2)c1. The molecule has 0 saturated heterocycles. The van der Waals surface area contributed by atoms with Crippen molar-refractivity contribution in [3.05, 3.63) is 77.9 Å². The maximum atomic E-state index is 6.13. The molecule has 0 aromatic heterocycles. The van der Waals surface area contributed by atoms with E-state index >= 15 is 0 Å². The summed E-state index contributed by atoms with van der Waals surface area (Å²) in [6.07, 6.45) is 6.46. The zero-order valence-electron chi connectivity index (χ0n) is 12.5. The Morgan fingerprint density at radius 3 is 2.48 bits per heavy atom. The van der Waals surface area contributed by atoms with Gasteiger partial charge < -0.3 is 0 Å². The van der Waals surface area contributed by atoms with Gasteiger partial charge in [0.1, 0.15) is 0 Å². The number of rotatable bonds is 8. The summed E-state index contributed by atoms with van der Waals surface area (Å²) in [6, 6.07) is 19.2. The Morgan fingerprint density at radius 2 is 1.76 bits per heavy atom. The standard InChI is InChI=1S/C20H23Cl/c1-2-17-10-6-11-19(14-17)12-7-13-20(16-21)15-18-8-4-3-5-9-18/h2-6,8-11,14,20H,1,7,12-13,15-16H2. The number of benzene rings is 2. The first-order chi connectivity index (χ1) is 10.3. The van der Waals surface area contributed by atoms with Crippen LogP contribution in [0.2, 0.25) is 0 Å². The van der Waals surface area contributed by atoms with Gasteiger partial charge in [0.25, 0.3) is 0 Å². The van der Waals surface area contributed by atoms with Gasteiger partial charge in [0.15, 0.2) is 0 Å². The van der Waals surface area contributed by atoms with Crippen LogP contribution < -0.4 is 0 Å². The van der Waals surface area contributed by atoms with E-state index in [1.807, 2.05) is 6.08 Å². The summed E-state index contributed by atoms with van der Waals surface area (Å²) in [5.74, 6) is 1.30. The molecule has 0 N–H and O–H groups in total. The second-order valence-corrected chi connectivity index (χ2v) is 5.86. The molecule has 1 unspecified atom stereocenters. The van der Waals surface area contributed by atoms with E-state index in [1.54, 1.807) is 0 Å². The lowest BCUT2D eigenvalue weighted by Crippen LogP contribution is -2.07. The summed E-state index contributed by atoms with van der Waals surface area (Å²) < 4.78 is 0. The summed E-state index contributed by atoms with van der Waals surface area (Å²) in [5.41, 5.74) is 3.97. The van der Waals surface area contributed by atoms with Crippen LogP contribution in [0.5, 0.6) is 0 Å². The van der Waals surface area contributed by atoms with Gasteiger partial charge >= 0.3 is 0 Å². The predicted octanol–water partition coefficient (Wildman–Crippen LogP) is 5.75. The molecule has 0 saturated carbocycles. The van der Waals surface area contributed by atoms with Crippen LogP contribution in [-0.2, 0) is 12.8 Å². The number of aryl methyl sites for hydroxylation is 1. The van der Waals surface area contributed by atoms with Crippen molar-refractivity contribution in [2.45, 2.75) is 25.7 Å². The highest BCUT2D eigenvalue weighted by atomic mass is 35.5. The Balaban J connectivity index is 1.81. The molecule has 2 rings (SSSR count). The van der Waals surface area contributed by atoms with Crippen molar-refractivity contribution in [1.82, 2.24) is 0 Å². The molecular formula is C20H23Cl. The van der Waals surface area contributed by atoms with E-state index in [9.17, 15) is 0 Å². The minimum atomic E-state index is 0.566. The van der Waals surface area contributed by atoms with Gasteiger partial charge in [0.05, 0.1) is 0 Å². The highest BCUT2D eigenvalue weighted by Crippen LogP contribution is 2.18. The minimum absolute atomic E-state index is 0.566. The quantitative estimate of drug-likeness (QED) is 0.544. The minimum Gasteiger partial charge on any atom is -0.126 e. The zero-order valence-corrected chi connectivity index (χ0v) is 13.2. The van der Waals surface area contributed by atoms with Crippen LogP contribution in [0.15, 0.2) is 61.2 Å². The van der Waals surface area contributed by atoms with Crippen LogP contribution in [0.1, 0.15) is 29.5 Å². The second kappa shape index (κ2) is 8.69. The number of hydrogen-bond acceptors (Lipinski definition) is 0. The molecule has 110 valence electrons. The average molecular weight is 299 g/mol. The van der Waals surface area contributed by atoms with Crippen LogP contribution >= 0.6 is 11.6 Å². The summed E-state index contributed by atoms with van der Waals surface area (Å²) >= 11 is 6.13. The molecule has 0 spiro atoms. The highest BCUT2D eigenvalue weighted by molar-refractivity contribution is 6.18. The van der Waals surface area contributed by atoms with E-state index in [0.29, 0.717) is 5.92 Å². The molecule has 1 heteroatoms. The maximum Gasteiger partial charge on any atom is 0.0254 e. The molecule has 0 heterocycles. The molecule has 0 nitrogen and oxygen atoms in total. The van der Waals surface area contributed by atoms with Gasteiger partial charge in [-0.3, -0.25) is 0 Å². The Bertz CT molecular complexity index is 545. The summed E-state index contributed by atoms with van der Waals surface area (Å²) in [7, 11) is 0. The molecule has 0 aliphatic heterocycles. The van der Waals surface area contributed by atoms with Gasteiger partial charge in [0.2, 0.25) is 0 Å². The van der Waals surface area contributed by atoms with Gasteiger partial charge in [0, 0.05) is 5.88 Å². The van der Waals surface area contributed by atoms with Gasteiger partial charge in [-0.1, -0.05) is 67.3 Å². The van der Waals surface area contributed by atoms with Crippen LogP contribution in [0, 0.1) is 5.92 Å². The normalized spacial score (nSPS) is 12.0.